The maximum absolute atomic E-state index is 12.0. The molecule has 22 heavy (non-hydrogen) atoms. The minimum absolute atomic E-state index is 0.0309. The standard InChI is InChI=1S/C15H22N2O4S/c1-15(2,3)11-5-4-6-12-16-22(20,21)14-9-7-13(8-10-14)17(18)19/h5,7-11,16H,4,6,12H2,1-3H3/b11-5-. The van der Waals surface area contributed by atoms with Gasteiger partial charge >= 0.3 is 0 Å². The first-order valence-corrected chi connectivity index (χ1v) is 8.52. The van der Waals surface area contributed by atoms with Crippen molar-refractivity contribution in [1.82, 2.24) is 4.72 Å². The molecule has 1 aromatic carbocycles. The molecule has 1 aromatic rings. The van der Waals surface area contributed by atoms with E-state index in [0.29, 0.717) is 13.0 Å². The molecule has 1 N–H and O–H groups in total. The molecule has 0 radical (unpaired) electrons. The van der Waals surface area contributed by atoms with Gasteiger partial charge in [0.2, 0.25) is 10.0 Å². The second-order valence-corrected chi connectivity index (χ2v) is 7.83. The molecule has 0 aliphatic carbocycles. The van der Waals surface area contributed by atoms with Crippen LogP contribution in [0.4, 0.5) is 5.69 Å². The van der Waals surface area contributed by atoms with E-state index in [0.717, 1.165) is 6.42 Å². The van der Waals surface area contributed by atoms with E-state index < -0.39 is 14.9 Å². The van der Waals surface area contributed by atoms with E-state index in [1.807, 2.05) is 6.08 Å². The summed E-state index contributed by atoms with van der Waals surface area (Å²) in [4.78, 5) is 10.0. The van der Waals surface area contributed by atoms with Gasteiger partial charge in [-0.05, 0) is 30.4 Å². The molecular formula is C15H22N2O4S. The summed E-state index contributed by atoms with van der Waals surface area (Å²) in [6, 6.07) is 4.83. The minimum atomic E-state index is -3.62. The Balaban J connectivity index is 2.51. The molecule has 0 fully saturated rings. The molecule has 0 amide bonds. The number of nitrogens with one attached hydrogen (secondary N) is 1. The number of sulfonamides is 1. The Hall–Kier alpha value is -1.73. The number of unbranched alkanes of at least 4 members (excludes halogenated alkanes) is 1. The predicted molar refractivity (Wildman–Crippen MR) is 86.1 cm³/mol. The van der Waals surface area contributed by atoms with Crippen LogP contribution in [0.25, 0.3) is 0 Å². The van der Waals surface area contributed by atoms with E-state index >= 15 is 0 Å². The van der Waals surface area contributed by atoms with Crippen LogP contribution in [-0.4, -0.2) is 19.9 Å². The lowest BCUT2D eigenvalue weighted by Gasteiger charge is -2.11. The number of benzene rings is 1. The Morgan fingerprint density at radius 2 is 1.82 bits per heavy atom. The molecule has 0 aromatic heterocycles. The summed E-state index contributed by atoms with van der Waals surface area (Å²) in [6.07, 6.45) is 5.62. The average Bonchev–Trinajstić information content (AvgIpc) is 2.41. The molecule has 0 spiro atoms. The summed E-state index contributed by atoms with van der Waals surface area (Å²) >= 11 is 0. The topological polar surface area (TPSA) is 89.3 Å². The lowest BCUT2D eigenvalue weighted by molar-refractivity contribution is -0.384. The third kappa shape index (κ3) is 6.36. The Morgan fingerprint density at radius 3 is 2.32 bits per heavy atom. The van der Waals surface area contributed by atoms with Crippen LogP contribution in [0.2, 0.25) is 0 Å². The summed E-state index contributed by atoms with van der Waals surface area (Å²) in [5.74, 6) is 0. The Morgan fingerprint density at radius 1 is 1.23 bits per heavy atom. The SMILES string of the molecule is CC(C)(C)/C=C\CCCNS(=O)(=O)c1ccc([N+](=O)[O-])cc1. The van der Waals surface area contributed by atoms with E-state index in [9.17, 15) is 18.5 Å². The van der Waals surface area contributed by atoms with Gasteiger partial charge < -0.3 is 0 Å². The fourth-order valence-corrected chi connectivity index (χ4v) is 2.77. The van der Waals surface area contributed by atoms with Crippen molar-refractivity contribution in [3.8, 4) is 0 Å². The normalized spacial score (nSPS) is 12.7. The summed E-state index contributed by atoms with van der Waals surface area (Å²) in [5.41, 5.74) is -0.00981. The summed E-state index contributed by atoms with van der Waals surface area (Å²) in [6.45, 7) is 6.62. The third-order valence-corrected chi connectivity index (χ3v) is 4.29. The van der Waals surface area contributed by atoms with E-state index in [-0.39, 0.29) is 16.0 Å². The zero-order chi connectivity index (χ0) is 16.8. The van der Waals surface area contributed by atoms with Crippen LogP contribution in [0.1, 0.15) is 33.6 Å². The first kappa shape index (κ1) is 18.3. The van der Waals surface area contributed by atoms with Gasteiger partial charge in [0.1, 0.15) is 0 Å². The Labute approximate surface area is 131 Å². The molecule has 0 saturated carbocycles. The molecule has 7 heteroatoms. The molecule has 6 nitrogen and oxygen atoms in total. The van der Waals surface area contributed by atoms with Crippen molar-refractivity contribution in [2.24, 2.45) is 5.41 Å². The fraction of sp³-hybridized carbons (Fsp3) is 0.467. The van der Waals surface area contributed by atoms with Crippen LogP contribution in [0.3, 0.4) is 0 Å². The predicted octanol–water partition coefficient (Wildman–Crippen LogP) is 3.26. The van der Waals surface area contributed by atoms with E-state index in [1.54, 1.807) is 0 Å². The summed E-state index contributed by atoms with van der Waals surface area (Å²) in [5, 5.41) is 10.5. The van der Waals surface area contributed by atoms with Crippen LogP contribution in [0.5, 0.6) is 0 Å². The highest BCUT2D eigenvalue weighted by atomic mass is 32.2. The fourth-order valence-electron chi connectivity index (χ4n) is 1.69. The van der Waals surface area contributed by atoms with Gasteiger partial charge in [0.05, 0.1) is 9.82 Å². The monoisotopic (exact) mass is 326 g/mol. The van der Waals surface area contributed by atoms with Gasteiger partial charge in [0, 0.05) is 18.7 Å². The van der Waals surface area contributed by atoms with Gasteiger partial charge in [-0.1, -0.05) is 32.9 Å². The third-order valence-electron chi connectivity index (χ3n) is 2.82. The number of nitrogens with zero attached hydrogens (tertiary/aromatic N) is 1. The molecule has 0 heterocycles. The van der Waals surface area contributed by atoms with Gasteiger partial charge in [0.25, 0.3) is 5.69 Å². The van der Waals surface area contributed by atoms with Gasteiger partial charge in [-0.15, -0.1) is 0 Å². The van der Waals surface area contributed by atoms with E-state index in [4.69, 9.17) is 0 Å². The Bertz CT molecular complexity index is 629. The Kier molecular flexibility index (Phi) is 6.25. The molecule has 1 rings (SSSR count). The van der Waals surface area contributed by atoms with Gasteiger partial charge in [-0.3, -0.25) is 10.1 Å². The maximum atomic E-state index is 12.0. The van der Waals surface area contributed by atoms with Gasteiger partial charge in [-0.2, -0.15) is 0 Å². The second kappa shape index (κ2) is 7.51. The smallest absolute Gasteiger partial charge is 0.258 e. The maximum Gasteiger partial charge on any atom is 0.269 e. The molecule has 0 atom stereocenters. The molecule has 0 bridgehead atoms. The highest BCUT2D eigenvalue weighted by Gasteiger charge is 2.14. The highest BCUT2D eigenvalue weighted by Crippen LogP contribution is 2.16. The first-order valence-electron chi connectivity index (χ1n) is 7.04. The molecule has 122 valence electrons. The minimum Gasteiger partial charge on any atom is -0.258 e. The number of hydrogen-bond acceptors (Lipinski definition) is 4. The lowest BCUT2D eigenvalue weighted by atomic mass is 9.96. The molecule has 0 saturated heterocycles. The second-order valence-electron chi connectivity index (χ2n) is 6.06. The van der Waals surface area contributed by atoms with Crippen LogP contribution < -0.4 is 4.72 Å². The number of allylic oxidation sites excluding steroid dienone is 2. The number of hydrogen-bond donors (Lipinski definition) is 1. The van der Waals surface area contributed by atoms with Crippen molar-refractivity contribution in [2.75, 3.05) is 6.54 Å². The van der Waals surface area contributed by atoms with Gasteiger partial charge in [0.15, 0.2) is 0 Å². The molecule has 0 aliphatic rings. The quantitative estimate of drug-likeness (QED) is 0.360. The van der Waals surface area contributed by atoms with Crippen molar-refractivity contribution in [3.63, 3.8) is 0 Å². The van der Waals surface area contributed by atoms with Crippen molar-refractivity contribution >= 4 is 15.7 Å². The van der Waals surface area contributed by atoms with Crippen LogP contribution in [0.15, 0.2) is 41.3 Å². The van der Waals surface area contributed by atoms with E-state index in [1.165, 1.54) is 24.3 Å². The average molecular weight is 326 g/mol. The van der Waals surface area contributed by atoms with Crippen molar-refractivity contribution in [1.29, 1.82) is 0 Å². The highest BCUT2D eigenvalue weighted by molar-refractivity contribution is 7.89. The van der Waals surface area contributed by atoms with Crippen LogP contribution in [-0.2, 0) is 10.0 Å². The van der Waals surface area contributed by atoms with Crippen molar-refractivity contribution in [2.45, 2.75) is 38.5 Å². The van der Waals surface area contributed by atoms with Crippen LogP contribution in [0, 0.1) is 15.5 Å². The molecule has 0 unspecified atom stereocenters. The van der Waals surface area contributed by atoms with E-state index in [2.05, 4.69) is 31.6 Å². The number of rotatable bonds is 7. The lowest BCUT2D eigenvalue weighted by Crippen LogP contribution is -2.24. The first-order chi connectivity index (χ1) is 10.1. The zero-order valence-electron chi connectivity index (χ0n) is 13.1. The number of nitro benzene ring substituents is 1. The van der Waals surface area contributed by atoms with Crippen molar-refractivity contribution in [3.05, 3.63) is 46.5 Å². The summed E-state index contributed by atoms with van der Waals surface area (Å²) < 4.78 is 26.5. The van der Waals surface area contributed by atoms with Crippen LogP contribution >= 0.6 is 0 Å². The summed E-state index contributed by atoms with van der Waals surface area (Å²) in [7, 11) is -3.62. The van der Waals surface area contributed by atoms with Crippen molar-refractivity contribution < 1.29 is 13.3 Å². The number of non-ortho nitro benzene ring substituents is 1. The van der Waals surface area contributed by atoms with Gasteiger partial charge in [-0.25, -0.2) is 13.1 Å². The largest absolute Gasteiger partial charge is 0.269 e. The molecule has 0 aliphatic heterocycles. The molecular weight excluding hydrogens is 304 g/mol. The number of nitro groups is 1. The zero-order valence-corrected chi connectivity index (χ0v) is 13.9.